The Labute approximate surface area is 267 Å². The van der Waals surface area contributed by atoms with Crippen molar-refractivity contribution >= 4 is 17.7 Å². The number of rotatable bonds is 27. The Morgan fingerprint density at radius 2 is 1.50 bits per heavy atom. The Hall–Kier alpha value is -1.77. The van der Waals surface area contributed by atoms with Gasteiger partial charge in [0.15, 0.2) is 6.10 Å². The molecule has 0 aromatic heterocycles. The zero-order valence-electron chi connectivity index (χ0n) is 28.1. The molecule has 1 fully saturated rings. The van der Waals surface area contributed by atoms with Gasteiger partial charge in [-0.05, 0) is 31.6 Å². The summed E-state index contributed by atoms with van der Waals surface area (Å²) in [6.07, 6.45) is 18.9. The van der Waals surface area contributed by atoms with E-state index in [1.807, 2.05) is 6.08 Å². The molecule has 0 amide bonds. The third-order valence-corrected chi connectivity index (χ3v) is 8.99. The van der Waals surface area contributed by atoms with Crippen LogP contribution in [0.3, 0.4) is 0 Å². The van der Waals surface area contributed by atoms with E-state index >= 15 is 0 Å². The number of hydrogen-bond acceptors (Lipinski definition) is 8. The number of Topliss-reactive ketones (excluding diaryl/α,β-unsaturated/α-hetero) is 1. The number of unbranched alkanes of at least 4 members (excludes halogenated alkanes) is 10. The molecule has 0 saturated heterocycles. The van der Waals surface area contributed by atoms with Crippen LogP contribution in [0.2, 0.25) is 0 Å². The highest BCUT2D eigenvalue weighted by Crippen LogP contribution is 2.34. The van der Waals surface area contributed by atoms with Crippen molar-refractivity contribution in [1.29, 1.82) is 0 Å². The lowest BCUT2D eigenvalue weighted by atomic mass is 9.88. The summed E-state index contributed by atoms with van der Waals surface area (Å²) < 4.78 is 10.5. The molecule has 44 heavy (non-hydrogen) atoms. The van der Waals surface area contributed by atoms with E-state index in [0.717, 1.165) is 63.7 Å². The minimum absolute atomic E-state index is 0.0785. The van der Waals surface area contributed by atoms with Gasteiger partial charge in [-0.2, -0.15) is 0 Å². The Bertz CT molecular complexity index is 797. The Balaban J connectivity index is 2.17. The second-order valence-corrected chi connectivity index (χ2v) is 13.0. The fraction of sp³-hybridized carbons (Fsp3) is 0.861. The summed E-state index contributed by atoms with van der Waals surface area (Å²) in [5, 5.41) is 30.1. The fourth-order valence-corrected chi connectivity index (χ4v) is 5.84. The minimum atomic E-state index is -0.855. The molecule has 0 bridgehead atoms. The van der Waals surface area contributed by atoms with Crippen molar-refractivity contribution in [1.82, 2.24) is 0 Å². The molecule has 0 radical (unpaired) electrons. The van der Waals surface area contributed by atoms with E-state index in [1.165, 1.54) is 32.1 Å². The zero-order valence-corrected chi connectivity index (χ0v) is 28.1. The molecule has 1 rings (SSSR count). The number of ether oxygens (including phenoxy) is 2. The number of aliphatic hydroxyl groups excluding tert-OH is 3. The maximum absolute atomic E-state index is 12.5. The van der Waals surface area contributed by atoms with Gasteiger partial charge >= 0.3 is 11.9 Å². The first kappa shape index (κ1) is 40.3. The van der Waals surface area contributed by atoms with Gasteiger partial charge < -0.3 is 24.8 Å². The van der Waals surface area contributed by atoms with Crippen LogP contribution in [0.25, 0.3) is 0 Å². The zero-order chi connectivity index (χ0) is 32.6. The van der Waals surface area contributed by atoms with Gasteiger partial charge in [-0.1, -0.05) is 116 Å². The molecular formula is C36H64O8. The van der Waals surface area contributed by atoms with Gasteiger partial charge in [0.1, 0.15) is 12.4 Å². The fourth-order valence-electron chi connectivity index (χ4n) is 5.84. The van der Waals surface area contributed by atoms with Crippen molar-refractivity contribution in [3.8, 4) is 0 Å². The van der Waals surface area contributed by atoms with Crippen LogP contribution < -0.4 is 0 Å². The normalized spacial score (nSPS) is 20.6. The lowest BCUT2D eigenvalue weighted by Gasteiger charge is -2.18. The van der Waals surface area contributed by atoms with Gasteiger partial charge in [0.05, 0.1) is 18.8 Å². The number of esters is 2. The van der Waals surface area contributed by atoms with Gasteiger partial charge in [0.2, 0.25) is 0 Å². The first-order valence-corrected chi connectivity index (χ1v) is 17.7. The van der Waals surface area contributed by atoms with Gasteiger partial charge in [-0.3, -0.25) is 14.4 Å². The second kappa shape index (κ2) is 25.4. The predicted molar refractivity (Wildman–Crippen MR) is 174 cm³/mol. The van der Waals surface area contributed by atoms with Crippen LogP contribution in [0, 0.1) is 17.8 Å². The second-order valence-electron chi connectivity index (χ2n) is 13.0. The molecule has 1 aliphatic carbocycles. The molecule has 0 heterocycles. The molecular weight excluding hydrogens is 560 g/mol. The Morgan fingerprint density at radius 3 is 2.16 bits per heavy atom. The third kappa shape index (κ3) is 18.9. The molecule has 256 valence electrons. The van der Waals surface area contributed by atoms with Gasteiger partial charge in [-0.25, -0.2) is 0 Å². The molecule has 0 spiro atoms. The number of hydrogen-bond donors (Lipinski definition) is 3. The summed E-state index contributed by atoms with van der Waals surface area (Å²) >= 11 is 0. The molecule has 8 heteroatoms. The van der Waals surface area contributed by atoms with Gasteiger partial charge in [0.25, 0.3) is 0 Å². The standard InChI is InChI=1S/C36H64O8/c1-4-6-13-19-29(38)23-24-32-31(33(39)25-34(32)40)20-15-11-12-17-22-36(42)44-30(26-37)27-43-35(41)21-16-10-8-7-9-14-18-28(3)5-2/h23-24,28-32,34,37-38,40H,4-22,25-27H2,1-3H3/b24-23+/t28?,29-,30-,31+,32+,34+/m0/s1. The molecule has 1 unspecified atom stereocenters. The van der Waals surface area contributed by atoms with E-state index in [2.05, 4.69) is 20.8 Å². The summed E-state index contributed by atoms with van der Waals surface area (Å²) in [4.78, 5) is 36.7. The van der Waals surface area contributed by atoms with E-state index in [0.29, 0.717) is 25.7 Å². The van der Waals surface area contributed by atoms with Crippen LogP contribution in [0.1, 0.15) is 149 Å². The number of aliphatic hydroxyl groups is 3. The topological polar surface area (TPSA) is 130 Å². The average molecular weight is 625 g/mol. The molecule has 0 aromatic carbocycles. The molecule has 6 atom stereocenters. The van der Waals surface area contributed by atoms with Crippen LogP contribution >= 0.6 is 0 Å². The van der Waals surface area contributed by atoms with Crippen LogP contribution in [-0.4, -0.2) is 64.6 Å². The van der Waals surface area contributed by atoms with Crippen molar-refractivity contribution in [2.75, 3.05) is 13.2 Å². The van der Waals surface area contributed by atoms with Crippen LogP contribution in [0.4, 0.5) is 0 Å². The molecule has 0 aromatic rings. The summed E-state index contributed by atoms with van der Waals surface area (Å²) in [6.45, 7) is 6.11. The number of carbonyl (C=O) groups is 3. The van der Waals surface area contributed by atoms with Crippen molar-refractivity contribution < 1.29 is 39.2 Å². The summed E-state index contributed by atoms with van der Waals surface area (Å²) in [5.41, 5.74) is 0. The van der Waals surface area contributed by atoms with E-state index in [-0.39, 0.29) is 43.0 Å². The lowest BCUT2D eigenvalue weighted by Crippen LogP contribution is -2.28. The highest BCUT2D eigenvalue weighted by molar-refractivity contribution is 5.84. The van der Waals surface area contributed by atoms with E-state index in [9.17, 15) is 29.7 Å². The Morgan fingerprint density at radius 1 is 0.886 bits per heavy atom. The number of ketones is 1. The number of carbonyl (C=O) groups excluding carboxylic acids is 3. The largest absolute Gasteiger partial charge is 0.462 e. The van der Waals surface area contributed by atoms with Crippen molar-refractivity contribution in [3.63, 3.8) is 0 Å². The van der Waals surface area contributed by atoms with Crippen LogP contribution in [-0.2, 0) is 23.9 Å². The van der Waals surface area contributed by atoms with E-state index in [4.69, 9.17) is 9.47 Å². The van der Waals surface area contributed by atoms with Crippen LogP contribution in [0.15, 0.2) is 12.2 Å². The van der Waals surface area contributed by atoms with Crippen molar-refractivity contribution in [2.45, 2.75) is 167 Å². The molecule has 1 saturated carbocycles. The summed E-state index contributed by atoms with van der Waals surface area (Å²) in [7, 11) is 0. The molecule has 8 nitrogen and oxygen atoms in total. The molecule has 0 aliphatic heterocycles. The van der Waals surface area contributed by atoms with E-state index in [1.54, 1.807) is 6.08 Å². The van der Waals surface area contributed by atoms with Crippen molar-refractivity contribution in [2.24, 2.45) is 17.8 Å². The minimum Gasteiger partial charge on any atom is -0.462 e. The maximum Gasteiger partial charge on any atom is 0.306 e. The predicted octanol–water partition coefficient (Wildman–Crippen LogP) is 7.00. The van der Waals surface area contributed by atoms with E-state index < -0.39 is 30.9 Å². The van der Waals surface area contributed by atoms with Crippen molar-refractivity contribution in [3.05, 3.63) is 12.2 Å². The third-order valence-electron chi connectivity index (χ3n) is 8.99. The first-order valence-electron chi connectivity index (χ1n) is 17.7. The quantitative estimate of drug-likeness (QED) is 0.0506. The summed E-state index contributed by atoms with van der Waals surface area (Å²) in [6, 6.07) is 0. The first-order chi connectivity index (χ1) is 21.2. The highest BCUT2D eigenvalue weighted by Gasteiger charge is 2.39. The van der Waals surface area contributed by atoms with Crippen LogP contribution in [0.5, 0.6) is 0 Å². The smallest absolute Gasteiger partial charge is 0.306 e. The highest BCUT2D eigenvalue weighted by atomic mass is 16.6. The maximum atomic E-state index is 12.5. The lowest BCUT2D eigenvalue weighted by molar-refractivity contribution is -0.161. The average Bonchev–Trinajstić information content (AvgIpc) is 3.28. The van der Waals surface area contributed by atoms with Gasteiger partial charge in [-0.15, -0.1) is 0 Å². The monoisotopic (exact) mass is 624 g/mol. The van der Waals surface area contributed by atoms with Gasteiger partial charge in [0, 0.05) is 31.1 Å². The molecule has 1 aliphatic rings. The SMILES string of the molecule is CCCCC[C@H](O)/C=C/[C@H]1[C@H](O)CC(=O)[C@@H]1CCCCCCC(=O)O[C@@H](CO)COC(=O)CCCCCCCCC(C)CC. The summed E-state index contributed by atoms with van der Waals surface area (Å²) in [5.74, 6) is -0.354. The Kier molecular flexibility index (Phi) is 23.3. The molecule has 3 N–H and O–H groups in total.